The summed E-state index contributed by atoms with van der Waals surface area (Å²) in [6.07, 6.45) is 4.45. The van der Waals surface area contributed by atoms with Crippen LogP contribution in [0.3, 0.4) is 0 Å². The third-order valence-corrected chi connectivity index (χ3v) is 6.29. The summed E-state index contributed by atoms with van der Waals surface area (Å²) < 4.78 is 40.1. The Hall–Kier alpha value is -2.74. The number of sulfone groups is 1. The summed E-state index contributed by atoms with van der Waals surface area (Å²) in [6, 6.07) is 11.7. The summed E-state index contributed by atoms with van der Waals surface area (Å²) in [7, 11) is -3.35. The van der Waals surface area contributed by atoms with Gasteiger partial charge in [0.25, 0.3) is 5.91 Å². The van der Waals surface area contributed by atoms with Gasteiger partial charge < -0.3 is 19.5 Å². The van der Waals surface area contributed by atoms with Crippen molar-refractivity contribution in [3.63, 3.8) is 0 Å². The Balaban J connectivity index is 1.30. The minimum Gasteiger partial charge on any atom is -0.490 e. The lowest BCUT2D eigenvalue weighted by Gasteiger charge is -2.29. The van der Waals surface area contributed by atoms with Crippen molar-refractivity contribution >= 4 is 15.7 Å². The van der Waals surface area contributed by atoms with Crippen LogP contribution in [0.1, 0.15) is 36.0 Å². The third-order valence-electron chi connectivity index (χ3n) is 5.18. The molecular weight excluding hydrogens is 394 g/mol. The van der Waals surface area contributed by atoms with E-state index in [2.05, 4.69) is 5.32 Å². The first kappa shape index (κ1) is 19.6. The smallest absolute Gasteiger partial charge is 0.251 e. The fraction of sp³-hybridized carbons (Fsp3) is 0.381. The maximum atomic E-state index is 12.5. The zero-order valence-electron chi connectivity index (χ0n) is 16.1. The highest BCUT2D eigenvalue weighted by atomic mass is 32.2. The molecule has 29 heavy (non-hydrogen) atoms. The van der Waals surface area contributed by atoms with Crippen LogP contribution >= 0.6 is 0 Å². The van der Waals surface area contributed by atoms with Crippen molar-refractivity contribution in [2.24, 2.45) is 0 Å². The molecule has 7 nitrogen and oxygen atoms in total. The van der Waals surface area contributed by atoms with Gasteiger partial charge in [0.1, 0.15) is 5.75 Å². The van der Waals surface area contributed by atoms with Crippen LogP contribution in [0, 0.1) is 0 Å². The van der Waals surface area contributed by atoms with E-state index in [1.54, 1.807) is 12.1 Å². The number of carbonyl (C=O) groups is 1. The molecular formula is C21H23NO6S. The molecule has 0 atom stereocenters. The standard InChI is InChI=1S/C21H23NO6S/c1-29(24,25)18-4-2-3-14(11-18)21(23)22-15-5-7-16(8-6-15)28-17-9-10-19-20(12-17)27-13-26-19/h2-4,9-12,15-16H,5-8,13H2,1H3,(H,22,23). The second kappa shape index (κ2) is 7.94. The molecule has 154 valence electrons. The largest absolute Gasteiger partial charge is 0.490 e. The van der Waals surface area contributed by atoms with Gasteiger partial charge >= 0.3 is 0 Å². The molecule has 4 rings (SSSR count). The topological polar surface area (TPSA) is 90.9 Å². The SMILES string of the molecule is CS(=O)(=O)c1cccc(C(=O)NC2CCC(Oc3ccc4c(c3)OCO4)CC2)c1. The summed E-state index contributed by atoms with van der Waals surface area (Å²) in [6.45, 7) is 0.233. The van der Waals surface area contributed by atoms with Gasteiger partial charge in [-0.15, -0.1) is 0 Å². The van der Waals surface area contributed by atoms with Crippen LogP contribution in [0.2, 0.25) is 0 Å². The first-order valence-corrected chi connectivity index (χ1v) is 11.4. The molecule has 0 bridgehead atoms. The molecule has 1 N–H and O–H groups in total. The van der Waals surface area contributed by atoms with Crippen molar-refractivity contribution in [1.29, 1.82) is 0 Å². The fourth-order valence-corrected chi connectivity index (χ4v) is 4.27. The van der Waals surface area contributed by atoms with Gasteiger partial charge in [-0.2, -0.15) is 0 Å². The quantitative estimate of drug-likeness (QED) is 0.804. The second-order valence-electron chi connectivity index (χ2n) is 7.38. The Labute approximate surface area is 169 Å². The molecule has 2 aromatic carbocycles. The van der Waals surface area contributed by atoms with Crippen molar-refractivity contribution in [2.45, 2.75) is 42.7 Å². The second-order valence-corrected chi connectivity index (χ2v) is 9.40. The monoisotopic (exact) mass is 417 g/mol. The van der Waals surface area contributed by atoms with E-state index in [0.717, 1.165) is 43.4 Å². The zero-order valence-corrected chi connectivity index (χ0v) is 16.9. The average Bonchev–Trinajstić information content (AvgIpc) is 3.17. The molecule has 0 radical (unpaired) electrons. The van der Waals surface area contributed by atoms with E-state index >= 15 is 0 Å². The molecule has 0 unspecified atom stereocenters. The van der Waals surface area contributed by atoms with E-state index < -0.39 is 9.84 Å². The van der Waals surface area contributed by atoms with Gasteiger partial charge in [0.15, 0.2) is 21.3 Å². The van der Waals surface area contributed by atoms with Crippen LogP contribution in [0.25, 0.3) is 0 Å². The number of ether oxygens (including phenoxy) is 3. The molecule has 1 amide bonds. The normalized spacial score (nSPS) is 20.9. The minimum absolute atomic E-state index is 0.0426. The number of fused-ring (bicyclic) bond motifs is 1. The molecule has 2 aromatic rings. The molecule has 0 saturated heterocycles. The number of benzene rings is 2. The van der Waals surface area contributed by atoms with Gasteiger partial charge in [0.05, 0.1) is 11.0 Å². The number of hydrogen-bond acceptors (Lipinski definition) is 6. The first-order valence-electron chi connectivity index (χ1n) is 9.56. The summed E-state index contributed by atoms with van der Waals surface area (Å²) in [5.74, 6) is 1.92. The van der Waals surface area contributed by atoms with Crippen LogP contribution in [-0.2, 0) is 9.84 Å². The molecule has 0 aromatic heterocycles. The van der Waals surface area contributed by atoms with Crippen molar-refractivity contribution in [1.82, 2.24) is 5.32 Å². The van der Waals surface area contributed by atoms with E-state index in [9.17, 15) is 13.2 Å². The fourth-order valence-electron chi connectivity index (χ4n) is 3.60. The summed E-state index contributed by atoms with van der Waals surface area (Å²) in [5, 5.41) is 3.01. The van der Waals surface area contributed by atoms with E-state index in [1.807, 2.05) is 18.2 Å². The van der Waals surface area contributed by atoms with Crippen molar-refractivity contribution in [2.75, 3.05) is 13.0 Å². The molecule has 0 spiro atoms. The highest BCUT2D eigenvalue weighted by Gasteiger charge is 2.25. The van der Waals surface area contributed by atoms with Crippen LogP contribution in [0.15, 0.2) is 47.4 Å². The molecule has 1 heterocycles. The van der Waals surface area contributed by atoms with Gasteiger partial charge in [0, 0.05) is 23.9 Å². The third kappa shape index (κ3) is 4.64. The summed E-state index contributed by atoms with van der Waals surface area (Å²) in [4.78, 5) is 12.7. The molecule has 1 aliphatic carbocycles. The zero-order chi connectivity index (χ0) is 20.4. The van der Waals surface area contributed by atoms with Crippen molar-refractivity contribution in [3.05, 3.63) is 48.0 Å². The lowest BCUT2D eigenvalue weighted by atomic mass is 9.92. The highest BCUT2D eigenvalue weighted by molar-refractivity contribution is 7.90. The number of rotatable bonds is 5. The van der Waals surface area contributed by atoms with Crippen LogP contribution in [-0.4, -0.2) is 39.5 Å². The van der Waals surface area contributed by atoms with Crippen LogP contribution in [0.5, 0.6) is 17.2 Å². The van der Waals surface area contributed by atoms with Crippen LogP contribution in [0.4, 0.5) is 0 Å². The molecule has 1 aliphatic heterocycles. The van der Waals surface area contributed by atoms with Gasteiger partial charge in [-0.1, -0.05) is 6.07 Å². The first-order chi connectivity index (χ1) is 13.9. The number of nitrogens with one attached hydrogen (secondary N) is 1. The lowest BCUT2D eigenvalue weighted by Crippen LogP contribution is -2.39. The summed E-state index contributed by atoms with van der Waals surface area (Å²) in [5.41, 5.74) is 0.353. The molecule has 1 fully saturated rings. The predicted octanol–water partition coefficient (Wildman–Crippen LogP) is 2.94. The highest BCUT2D eigenvalue weighted by Crippen LogP contribution is 2.36. The predicted molar refractivity (Wildman–Crippen MR) is 106 cm³/mol. The maximum absolute atomic E-state index is 12.5. The Morgan fingerprint density at radius 1 is 1.03 bits per heavy atom. The van der Waals surface area contributed by atoms with Gasteiger partial charge in [-0.05, 0) is 56.0 Å². The van der Waals surface area contributed by atoms with Gasteiger partial charge in [-0.3, -0.25) is 4.79 Å². The Morgan fingerprint density at radius 3 is 2.55 bits per heavy atom. The van der Waals surface area contributed by atoms with Gasteiger partial charge in [0.2, 0.25) is 6.79 Å². The van der Waals surface area contributed by atoms with Crippen LogP contribution < -0.4 is 19.5 Å². The number of carbonyl (C=O) groups excluding carboxylic acids is 1. The molecule has 1 saturated carbocycles. The Bertz CT molecular complexity index is 1010. The van der Waals surface area contributed by atoms with E-state index in [4.69, 9.17) is 14.2 Å². The number of amides is 1. The van der Waals surface area contributed by atoms with Gasteiger partial charge in [-0.25, -0.2) is 8.42 Å². The van der Waals surface area contributed by atoms with Crippen molar-refractivity contribution in [3.8, 4) is 17.2 Å². The van der Waals surface area contributed by atoms with E-state index in [-0.39, 0.29) is 29.7 Å². The minimum atomic E-state index is -3.35. The number of hydrogen-bond donors (Lipinski definition) is 1. The lowest BCUT2D eigenvalue weighted by molar-refractivity contribution is 0.0893. The molecule has 2 aliphatic rings. The summed E-state index contributed by atoms with van der Waals surface area (Å²) >= 11 is 0. The average molecular weight is 417 g/mol. The van der Waals surface area contributed by atoms with Crippen molar-refractivity contribution < 1.29 is 27.4 Å². The molecule has 8 heteroatoms. The van der Waals surface area contributed by atoms with E-state index in [1.165, 1.54) is 12.1 Å². The maximum Gasteiger partial charge on any atom is 0.251 e. The van der Waals surface area contributed by atoms with E-state index in [0.29, 0.717) is 11.3 Å². The Kier molecular flexibility index (Phi) is 5.36. The Morgan fingerprint density at radius 2 is 1.79 bits per heavy atom.